The quantitative estimate of drug-likeness (QED) is 0.207. The average Bonchev–Trinajstić information content (AvgIpc) is 3.38. The summed E-state index contributed by atoms with van der Waals surface area (Å²) in [5.41, 5.74) is 2.36. The van der Waals surface area contributed by atoms with Gasteiger partial charge in [0.05, 0.1) is 25.2 Å². The van der Waals surface area contributed by atoms with E-state index in [0.29, 0.717) is 31.7 Å². The van der Waals surface area contributed by atoms with Crippen molar-refractivity contribution >= 4 is 19.9 Å². The van der Waals surface area contributed by atoms with Crippen molar-refractivity contribution in [2.75, 3.05) is 18.1 Å². The van der Waals surface area contributed by atoms with Gasteiger partial charge in [0, 0.05) is 17.7 Å². The van der Waals surface area contributed by atoms with Gasteiger partial charge in [0.25, 0.3) is 0 Å². The molecule has 0 spiro atoms. The van der Waals surface area contributed by atoms with Crippen molar-refractivity contribution < 1.29 is 27.5 Å². The molecule has 3 aromatic carbocycles. The zero-order valence-corrected chi connectivity index (χ0v) is 24.7. The van der Waals surface area contributed by atoms with Crippen LogP contribution in [0.15, 0.2) is 72.8 Å². The van der Waals surface area contributed by atoms with E-state index < -0.39 is 14.1 Å². The number of hydrogen-bond acceptors (Lipinski definition) is 4. The van der Waals surface area contributed by atoms with Crippen molar-refractivity contribution in [1.29, 1.82) is 0 Å². The van der Waals surface area contributed by atoms with Gasteiger partial charge in [-0.25, -0.2) is 8.78 Å². The molecule has 40 heavy (non-hydrogen) atoms. The number of benzene rings is 3. The highest BCUT2D eigenvalue weighted by Crippen LogP contribution is 2.48. The number of nitrogens with zero attached hydrogens (tertiary/aromatic N) is 1. The Morgan fingerprint density at radius 1 is 0.900 bits per heavy atom. The zero-order valence-electron chi connectivity index (χ0n) is 23.7. The molecule has 2 fully saturated rings. The van der Waals surface area contributed by atoms with Crippen LogP contribution in [0.2, 0.25) is 18.1 Å². The summed E-state index contributed by atoms with van der Waals surface area (Å²) in [7, 11) is -2.00. The molecule has 0 unspecified atom stereocenters. The van der Waals surface area contributed by atoms with Crippen LogP contribution < -0.4 is 9.33 Å². The Morgan fingerprint density at radius 2 is 1.45 bits per heavy atom. The lowest BCUT2D eigenvalue weighted by atomic mass is 9.77. The van der Waals surface area contributed by atoms with Gasteiger partial charge in [-0.1, -0.05) is 45.0 Å². The number of carbonyl (C=O) groups excluding carboxylic acids is 1. The zero-order chi connectivity index (χ0) is 28.7. The summed E-state index contributed by atoms with van der Waals surface area (Å²) in [6.07, 6.45) is 0.941. The summed E-state index contributed by atoms with van der Waals surface area (Å²) < 4.78 is 45.9. The second-order valence-corrected chi connectivity index (χ2v) is 16.9. The molecule has 0 radical (unpaired) electrons. The van der Waals surface area contributed by atoms with Crippen molar-refractivity contribution in [3.63, 3.8) is 0 Å². The van der Waals surface area contributed by atoms with E-state index in [1.807, 2.05) is 24.3 Å². The minimum atomic E-state index is -2.00. The van der Waals surface area contributed by atoms with Crippen LogP contribution >= 0.6 is 0 Å². The fourth-order valence-corrected chi connectivity index (χ4v) is 6.27. The minimum Gasteiger partial charge on any atom is -0.544 e. The lowest BCUT2D eigenvalue weighted by Gasteiger charge is -2.48. The number of ether oxygens (including phenoxy) is 2. The number of halogens is 2. The molecule has 1 amide bonds. The van der Waals surface area contributed by atoms with Crippen molar-refractivity contribution in [2.24, 2.45) is 5.92 Å². The van der Waals surface area contributed by atoms with E-state index in [1.165, 1.54) is 24.3 Å². The second kappa shape index (κ2) is 10.7. The van der Waals surface area contributed by atoms with Crippen molar-refractivity contribution in [1.82, 2.24) is 0 Å². The highest BCUT2D eigenvalue weighted by molar-refractivity contribution is 6.74. The van der Waals surface area contributed by atoms with Crippen LogP contribution in [-0.4, -0.2) is 27.4 Å². The maximum atomic E-state index is 13.7. The Hall–Kier alpha value is -3.07. The van der Waals surface area contributed by atoms with Crippen molar-refractivity contribution in [2.45, 2.75) is 63.6 Å². The summed E-state index contributed by atoms with van der Waals surface area (Å²) in [5.74, 6) is -1.26. The van der Waals surface area contributed by atoms with Gasteiger partial charge in [0.1, 0.15) is 17.4 Å². The molecular weight excluding hydrogens is 528 g/mol. The number of carbonyl (C=O) groups is 1. The Labute approximate surface area is 236 Å². The largest absolute Gasteiger partial charge is 0.544 e. The van der Waals surface area contributed by atoms with E-state index in [4.69, 9.17) is 13.9 Å². The number of β-lactam (4-membered cyclic amide) rings is 1. The predicted molar refractivity (Wildman–Crippen MR) is 154 cm³/mol. The van der Waals surface area contributed by atoms with E-state index >= 15 is 0 Å². The Kier molecular flexibility index (Phi) is 7.63. The molecule has 5 nitrogen and oxygen atoms in total. The number of rotatable bonds is 8. The van der Waals surface area contributed by atoms with Gasteiger partial charge in [0.15, 0.2) is 5.79 Å². The normalized spacial score (nSPS) is 20.9. The van der Waals surface area contributed by atoms with E-state index in [-0.39, 0.29) is 34.5 Å². The van der Waals surface area contributed by atoms with Gasteiger partial charge in [-0.3, -0.25) is 4.79 Å². The molecule has 2 saturated heterocycles. The van der Waals surface area contributed by atoms with Crippen LogP contribution in [0.4, 0.5) is 14.5 Å². The Morgan fingerprint density at radius 3 is 2.00 bits per heavy atom. The van der Waals surface area contributed by atoms with E-state index in [0.717, 1.165) is 16.9 Å². The lowest BCUT2D eigenvalue weighted by molar-refractivity contribution is -0.175. The van der Waals surface area contributed by atoms with E-state index in [1.54, 1.807) is 29.2 Å². The third-order valence-electron chi connectivity index (χ3n) is 8.54. The Balaban J connectivity index is 1.41. The average molecular weight is 566 g/mol. The maximum Gasteiger partial charge on any atom is 0.250 e. The highest BCUT2D eigenvalue weighted by Gasteiger charge is 2.50. The van der Waals surface area contributed by atoms with E-state index in [9.17, 15) is 13.6 Å². The van der Waals surface area contributed by atoms with Crippen LogP contribution in [0, 0.1) is 17.6 Å². The fraction of sp³-hybridized carbons (Fsp3) is 0.406. The van der Waals surface area contributed by atoms with E-state index in [2.05, 4.69) is 33.9 Å². The van der Waals surface area contributed by atoms with Gasteiger partial charge in [0.2, 0.25) is 14.2 Å². The first kappa shape index (κ1) is 28.5. The lowest BCUT2D eigenvalue weighted by Crippen LogP contribution is -2.55. The van der Waals surface area contributed by atoms with Crippen molar-refractivity contribution in [3.05, 3.63) is 95.6 Å². The molecule has 8 heteroatoms. The fourth-order valence-electron chi connectivity index (χ4n) is 5.24. The SMILES string of the molecule is CC(C)(C)[Si](C)(C)Oc1ccc([C@@H]2[C@@H](CCC3(c4ccc(F)cc4)OCCO3)C(=O)N2c2ccc(F)cc2)cc1. The molecule has 2 heterocycles. The first-order chi connectivity index (χ1) is 18.9. The van der Waals surface area contributed by atoms with Crippen LogP contribution in [0.25, 0.3) is 0 Å². The Bertz CT molecular complexity index is 1330. The molecule has 0 N–H and O–H groups in total. The third kappa shape index (κ3) is 5.44. The first-order valence-electron chi connectivity index (χ1n) is 13.8. The maximum absolute atomic E-state index is 13.7. The summed E-state index contributed by atoms with van der Waals surface area (Å²) in [5, 5.41) is 0.0708. The van der Waals surface area contributed by atoms with Gasteiger partial charge >= 0.3 is 0 Å². The predicted octanol–water partition coefficient (Wildman–Crippen LogP) is 7.73. The summed E-state index contributed by atoms with van der Waals surface area (Å²) in [6, 6.07) is 19.9. The third-order valence-corrected chi connectivity index (χ3v) is 12.9. The minimum absolute atomic E-state index is 0.0366. The first-order valence-corrected chi connectivity index (χ1v) is 16.7. The summed E-state index contributed by atoms with van der Waals surface area (Å²) >= 11 is 0. The van der Waals surface area contributed by atoms with Crippen molar-refractivity contribution in [3.8, 4) is 5.75 Å². The smallest absolute Gasteiger partial charge is 0.250 e. The topological polar surface area (TPSA) is 48.0 Å². The summed E-state index contributed by atoms with van der Waals surface area (Å²) in [4.78, 5) is 15.3. The molecule has 0 saturated carbocycles. The molecule has 212 valence electrons. The van der Waals surface area contributed by atoms with Crippen LogP contribution in [0.1, 0.15) is 50.8 Å². The van der Waals surface area contributed by atoms with Gasteiger partial charge < -0.3 is 18.8 Å². The molecule has 3 aromatic rings. The number of anilines is 1. The molecule has 5 rings (SSSR count). The molecule has 0 aliphatic carbocycles. The standard InChI is InChI=1S/C32H37F2NO4Si/c1-31(2,3)40(4,5)39-27-16-6-22(7-17-27)29-28(30(36)35(29)26-14-12-25(34)13-15-26)18-19-32(37-20-21-38-32)23-8-10-24(33)11-9-23/h6-17,28-29H,18-21H2,1-5H3/t28-,29-/m1/s1. The molecule has 2 aliphatic heterocycles. The van der Waals surface area contributed by atoms with Crippen LogP contribution in [-0.2, 0) is 20.1 Å². The van der Waals surface area contributed by atoms with Gasteiger partial charge in [-0.15, -0.1) is 0 Å². The van der Waals surface area contributed by atoms with Gasteiger partial charge in [-0.05, 0) is 78.6 Å². The van der Waals surface area contributed by atoms with Gasteiger partial charge in [-0.2, -0.15) is 0 Å². The van der Waals surface area contributed by atoms with Crippen LogP contribution in [0.5, 0.6) is 5.75 Å². The molecule has 2 atom stereocenters. The molecule has 0 aromatic heterocycles. The highest BCUT2D eigenvalue weighted by atomic mass is 28.4. The molecular formula is C32H37F2NO4Si. The molecule has 2 aliphatic rings. The monoisotopic (exact) mass is 565 g/mol. The second-order valence-electron chi connectivity index (χ2n) is 12.2. The molecule has 0 bridgehead atoms. The summed E-state index contributed by atoms with van der Waals surface area (Å²) in [6.45, 7) is 11.9. The number of amides is 1. The van der Waals surface area contributed by atoms with Crippen LogP contribution in [0.3, 0.4) is 0 Å². The number of hydrogen-bond donors (Lipinski definition) is 0.